The number of aliphatic hydroxyl groups excluding tert-OH is 1. The Morgan fingerprint density at radius 3 is 2.50 bits per heavy atom. The fourth-order valence-corrected chi connectivity index (χ4v) is 1.39. The van der Waals surface area contributed by atoms with E-state index < -0.39 is 0 Å². The maximum Gasteiger partial charge on any atom is 0.193 e. The van der Waals surface area contributed by atoms with Gasteiger partial charge in [-0.05, 0) is 24.0 Å². The van der Waals surface area contributed by atoms with E-state index in [1.807, 2.05) is 30.3 Å². The minimum absolute atomic E-state index is 0. The molecule has 0 aliphatic rings. The van der Waals surface area contributed by atoms with Gasteiger partial charge in [0.25, 0.3) is 0 Å². The maximum atomic E-state index is 8.91. The first-order chi connectivity index (χ1) is 8.03. The van der Waals surface area contributed by atoms with Gasteiger partial charge in [-0.3, -0.25) is 4.99 Å². The standard InChI is InChI=1S/C13H21N3O.HI/c1-13(2,8-9-17)10-15-12(14)16-11-6-4-3-5-7-11;/h3-7,17H,8-10H2,1-2H3,(H3,14,15,16);1H. The van der Waals surface area contributed by atoms with Crippen molar-refractivity contribution in [3.05, 3.63) is 30.3 Å². The first-order valence-corrected chi connectivity index (χ1v) is 5.76. The Kier molecular flexibility index (Phi) is 7.93. The molecule has 18 heavy (non-hydrogen) atoms. The molecule has 0 heterocycles. The molecule has 1 rings (SSSR count). The van der Waals surface area contributed by atoms with Crippen LogP contribution in [0.2, 0.25) is 0 Å². The lowest BCUT2D eigenvalue weighted by molar-refractivity contribution is 0.217. The Bertz CT molecular complexity index is 366. The zero-order chi connectivity index (χ0) is 12.7. The van der Waals surface area contributed by atoms with Crippen molar-refractivity contribution in [2.75, 3.05) is 18.5 Å². The molecule has 1 aromatic carbocycles. The van der Waals surface area contributed by atoms with Crippen LogP contribution in [0.4, 0.5) is 5.69 Å². The van der Waals surface area contributed by atoms with E-state index in [0.717, 1.165) is 12.1 Å². The van der Waals surface area contributed by atoms with Crippen molar-refractivity contribution in [2.24, 2.45) is 16.1 Å². The molecule has 0 amide bonds. The summed E-state index contributed by atoms with van der Waals surface area (Å²) in [5, 5.41) is 11.9. The largest absolute Gasteiger partial charge is 0.396 e. The summed E-state index contributed by atoms with van der Waals surface area (Å²) in [6, 6.07) is 9.68. The van der Waals surface area contributed by atoms with Gasteiger partial charge in [-0.15, -0.1) is 24.0 Å². The predicted molar refractivity (Wildman–Crippen MR) is 87.5 cm³/mol. The zero-order valence-electron chi connectivity index (χ0n) is 10.9. The van der Waals surface area contributed by atoms with Crippen LogP contribution in [0.15, 0.2) is 35.3 Å². The van der Waals surface area contributed by atoms with Gasteiger partial charge in [0.05, 0.1) is 0 Å². The Balaban J connectivity index is 0.00000289. The number of aliphatic hydroxyl groups is 1. The highest BCUT2D eigenvalue weighted by atomic mass is 127. The highest BCUT2D eigenvalue weighted by Gasteiger charge is 2.16. The van der Waals surface area contributed by atoms with Crippen LogP contribution in [0.1, 0.15) is 20.3 Å². The van der Waals surface area contributed by atoms with Crippen molar-refractivity contribution in [3.63, 3.8) is 0 Å². The highest BCUT2D eigenvalue weighted by molar-refractivity contribution is 14.0. The molecule has 0 atom stereocenters. The minimum Gasteiger partial charge on any atom is -0.396 e. The fraction of sp³-hybridized carbons (Fsp3) is 0.462. The summed E-state index contributed by atoms with van der Waals surface area (Å²) in [5.41, 5.74) is 6.68. The molecule has 1 aromatic rings. The van der Waals surface area contributed by atoms with Gasteiger partial charge in [0.2, 0.25) is 0 Å². The number of anilines is 1. The minimum atomic E-state index is -0.0300. The van der Waals surface area contributed by atoms with Crippen molar-refractivity contribution in [1.29, 1.82) is 0 Å². The number of rotatable bonds is 5. The number of nitrogens with zero attached hydrogens (tertiary/aromatic N) is 1. The van der Waals surface area contributed by atoms with E-state index in [1.165, 1.54) is 0 Å². The van der Waals surface area contributed by atoms with Crippen LogP contribution in [0.25, 0.3) is 0 Å². The summed E-state index contributed by atoms with van der Waals surface area (Å²) < 4.78 is 0. The second-order valence-corrected chi connectivity index (χ2v) is 4.83. The van der Waals surface area contributed by atoms with Crippen LogP contribution in [-0.4, -0.2) is 24.2 Å². The number of nitrogens with one attached hydrogen (secondary N) is 1. The van der Waals surface area contributed by atoms with E-state index in [0.29, 0.717) is 12.5 Å². The molecule has 0 aromatic heterocycles. The first kappa shape index (κ1) is 17.2. The number of hydrogen-bond donors (Lipinski definition) is 3. The molecule has 0 saturated heterocycles. The van der Waals surface area contributed by atoms with Crippen molar-refractivity contribution >= 4 is 35.6 Å². The average Bonchev–Trinajstić information content (AvgIpc) is 2.28. The summed E-state index contributed by atoms with van der Waals surface area (Å²) in [4.78, 5) is 4.28. The molecular formula is C13H22IN3O. The molecule has 0 aliphatic carbocycles. The Morgan fingerprint density at radius 2 is 1.94 bits per heavy atom. The van der Waals surface area contributed by atoms with Gasteiger partial charge in [-0.25, -0.2) is 0 Å². The normalized spacial score (nSPS) is 11.8. The number of hydrogen-bond acceptors (Lipinski definition) is 2. The maximum absolute atomic E-state index is 8.91. The van der Waals surface area contributed by atoms with Gasteiger partial charge >= 0.3 is 0 Å². The van der Waals surface area contributed by atoms with Crippen molar-refractivity contribution < 1.29 is 5.11 Å². The molecular weight excluding hydrogens is 341 g/mol. The van der Waals surface area contributed by atoms with Crippen LogP contribution < -0.4 is 11.1 Å². The van der Waals surface area contributed by atoms with Gasteiger partial charge in [0.15, 0.2) is 5.96 Å². The van der Waals surface area contributed by atoms with Gasteiger partial charge < -0.3 is 16.2 Å². The molecule has 0 spiro atoms. The summed E-state index contributed by atoms with van der Waals surface area (Å²) in [6.45, 7) is 4.89. The Labute approximate surface area is 126 Å². The van der Waals surface area contributed by atoms with E-state index in [9.17, 15) is 0 Å². The molecule has 102 valence electrons. The third-order valence-electron chi connectivity index (χ3n) is 2.51. The third-order valence-corrected chi connectivity index (χ3v) is 2.51. The quantitative estimate of drug-likeness (QED) is 0.428. The average molecular weight is 363 g/mol. The monoisotopic (exact) mass is 363 g/mol. The van der Waals surface area contributed by atoms with E-state index >= 15 is 0 Å². The second-order valence-electron chi connectivity index (χ2n) is 4.83. The van der Waals surface area contributed by atoms with Crippen molar-refractivity contribution in [1.82, 2.24) is 0 Å². The summed E-state index contributed by atoms with van der Waals surface area (Å²) >= 11 is 0. The SMILES string of the molecule is CC(C)(CCO)CN=C(N)Nc1ccccc1.I. The summed E-state index contributed by atoms with van der Waals surface area (Å²) in [6.07, 6.45) is 0.717. The van der Waals surface area contributed by atoms with E-state index in [1.54, 1.807) is 0 Å². The molecule has 0 radical (unpaired) electrons. The molecule has 4 nitrogen and oxygen atoms in total. The number of para-hydroxylation sites is 1. The van der Waals surface area contributed by atoms with Crippen LogP contribution in [0, 0.1) is 5.41 Å². The molecule has 0 aliphatic heterocycles. The lowest BCUT2D eigenvalue weighted by atomic mass is 9.90. The second kappa shape index (κ2) is 8.31. The van der Waals surface area contributed by atoms with Crippen molar-refractivity contribution in [2.45, 2.75) is 20.3 Å². The molecule has 0 unspecified atom stereocenters. The zero-order valence-corrected chi connectivity index (χ0v) is 13.2. The third kappa shape index (κ3) is 6.80. The topological polar surface area (TPSA) is 70.6 Å². The first-order valence-electron chi connectivity index (χ1n) is 5.76. The lowest BCUT2D eigenvalue weighted by Crippen LogP contribution is -2.26. The van der Waals surface area contributed by atoms with Crippen LogP contribution in [0.5, 0.6) is 0 Å². The number of halogens is 1. The smallest absolute Gasteiger partial charge is 0.193 e. The van der Waals surface area contributed by atoms with Crippen LogP contribution in [-0.2, 0) is 0 Å². The molecule has 5 heteroatoms. The number of aliphatic imine (C=N–C) groups is 1. The van der Waals surface area contributed by atoms with E-state index in [-0.39, 0.29) is 36.0 Å². The lowest BCUT2D eigenvalue weighted by Gasteiger charge is -2.21. The summed E-state index contributed by atoms with van der Waals surface area (Å²) in [7, 11) is 0. The molecule has 0 fully saturated rings. The highest BCUT2D eigenvalue weighted by Crippen LogP contribution is 2.19. The van der Waals surface area contributed by atoms with E-state index in [4.69, 9.17) is 10.8 Å². The Morgan fingerprint density at radius 1 is 1.33 bits per heavy atom. The van der Waals surface area contributed by atoms with Gasteiger partial charge in [-0.1, -0.05) is 32.0 Å². The van der Waals surface area contributed by atoms with Crippen LogP contribution >= 0.6 is 24.0 Å². The van der Waals surface area contributed by atoms with Gasteiger partial charge in [0, 0.05) is 18.8 Å². The summed E-state index contributed by atoms with van der Waals surface area (Å²) in [5.74, 6) is 0.405. The Hall–Kier alpha value is -0.820. The van der Waals surface area contributed by atoms with E-state index in [2.05, 4.69) is 24.2 Å². The van der Waals surface area contributed by atoms with Gasteiger partial charge in [-0.2, -0.15) is 0 Å². The van der Waals surface area contributed by atoms with Crippen molar-refractivity contribution in [3.8, 4) is 0 Å². The fourth-order valence-electron chi connectivity index (χ4n) is 1.39. The number of guanidine groups is 1. The van der Waals surface area contributed by atoms with Crippen LogP contribution in [0.3, 0.4) is 0 Å². The van der Waals surface area contributed by atoms with Gasteiger partial charge in [0.1, 0.15) is 0 Å². The predicted octanol–water partition coefficient (Wildman–Crippen LogP) is 2.44. The molecule has 0 bridgehead atoms. The number of benzene rings is 1. The molecule has 4 N–H and O–H groups in total. The number of nitrogens with two attached hydrogens (primary N) is 1. The molecule has 0 saturated carbocycles.